The first kappa shape index (κ1) is 11.6. The van der Waals surface area contributed by atoms with Crippen LogP contribution in [0.1, 0.15) is 23.5 Å². The maximum atomic E-state index is 12.2. The molecule has 0 radical (unpaired) electrons. The molecule has 0 aliphatic carbocycles. The average molecular weight is 247 g/mol. The highest BCUT2D eigenvalue weighted by Crippen LogP contribution is 2.27. The Morgan fingerprint density at radius 3 is 2.76 bits per heavy atom. The van der Waals surface area contributed by atoms with E-state index in [1.54, 1.807) is 0 Å². The second kappa shape index (κ2) is 4.17. The molecular formula is C8H8F3N5O. The van der Waals surface area contributed by atoms with Crippen molar-refractivity contribution >= 4 is 0 Å². The fourth-order valence-corrected chi connectivity index (χ4v) is 1.22. The van der Waals surface area contributed by atoms with Crippen LogP contribution in [0.3, 0.4) is 0 Å². The molecule has 1 atom stereocenters. The van der Waals surface area contributed by atoms with Crippen molar-refractivity contribution in [3.63, 3.8) is 0 Å². The Labute approximate surface area is 93.0 Å². The van der Waals surface area contributed by atoms with Crippen LogP contribution in [0.2, 0.25) is 0 Å². The van der Waals surface area contributed by atoms with E-state index >= 15 is 0 Å². The number of imidazole rings is 1. The van der Waals surface area contributed by atoms with Gasteiger partial charge >= 0.3 is 6.18 Å². The van der Waals surface area contributed by atoms with Crippen molar-refractivity contribution in [1.29, 1.82) is 0 Å². The Bertz CT molecular complexity index is 478. The van der Waals surface area contributed by atoms with Gasteiger partial charge in [0, 0.05) is 18.3 Å². The number of aromatic nitrogens is 4. The summed E-state index contributed by atoms with van der Waals surface area (Å²) < 4.78 is 41.1. The lowest BCUT2D eigenvalue weighted by atomic mass is 10.2. The lowest BCUT2D eigenvalue weighted by molar-refractivity contribution is -0.146. The van der Waals surface area contributed by atoms with Crippen molar-refractivity contribution in [3.05, 3.63) is 29.9 Å². The molecular weight excluding hydrogens is 239 g/mol. The van der Waals surface area contributed by atoms with E-state index in [0.717, 1.165) is 0 Å². The minimum absolute atomic E-state index is 0.236. The van der Waals surface area contributed by atoms with E-state index < -0.39 is 18.0 Å². The smallest absolute Gasteiger partial charge is 0.348 e. The molecule has 0 saturated carbocycles. The maximum absolute atomic E-state index is 12.2. The zero-order valence-corrected chi connectivity index (χ0v) is 8.40. The van der Waals surface area contributed by atoms with Gasteiger partial charge in [0.25, 0.3) is 5.82 Å². The van der Waals surface area contributed by atoms with Crippen LogP contribution in [0.4, 0.5) is 13.2 Å². The zero-order chi connectivity index (χ0) is 12.5. The van der Waals surface area contributed by atoms with Gasteiger partial charge in [0.15, 0.2) is 0 Å². The zero-order valence-electron chi connectivity index (χ0n) is 8.40. The van der Waals surface area contributed by atoms with Crippen molar-refractivity contribution in [3.8, 4) is 0 Å². The Balaban J connectivity index is 2.10. The number of aromatic amines is 1. The molecule has 0 amide bonds. The third-order valence-electron chi connectivity index (χ3n) is 2.01. The topological polar surface area (TPSA) is 93.6 Å². The standard InChI is InChI=1S/C8H8F3N5O/c9-8(10,11)7-15-6(17-16-7)5(12)1-4-2-13-3-14-4/h2-3,5H,1,12H2,(H,13,14)/t5-/m0/s1. The minimum Gasteiger partial charge on any atom is -0.348 e. The summed E-state index contributed by atoms with van der Waals surface area (Å²) in [5.41, 5.74) is 6.30. The quantitative estimate of drug-likeness (QED) is 0.845. The number of rotatable bonds is 3. The normalized spacial score (nSPS) is 13.9. The first-order chi connectivity index (χ1) is 7.97. The van der Waals surface area contributed by atoms with Gasteiger partial charge in [0.2, 0.25) is 5.89 Å². The molecule has 0 aromatic carbocycles. The highest BCUT2D eigenvalue weighted by atomic mass is 19.4. The van der Waals surface area contributed by atoms with Gasteiger partial charge in [-0.1, -0.05) is 5.16 Å². The lowest BCUT2D eigenvalue weighted by Crippen LogP contribution is -2.15. The molecule has 2 aromatic rings. The summed E-state index contributed by atoms with van der Waals surface area (Å²) in [7, 11) is 0. The Hall–Kier alpha value is -1.90. The number of nitrogens with two attached hydrogens (primary N) is 1. The van der Waals surface area contributed by atoms with E-state index in [4.69, 9.17) is 5.73 Å². The number of nitrogens with one attached hydrogen (secondary N) is 1. The van der Waals surface area contributed by atoms with E-state index in [0.29, 0.717) is 5.69 Å². The molecule has 2 heterocycles. The molecule has 92 valence electrons. The van der Waals surface area contributed by atoms with Gasteiger partial charge in [0.1, 0.15) is 0 Å². The molecule has 0 fully saturated rings. The van der Waals surface area contributed by atoms with Gasteiger partial charge in [-0.15, -0.1) is 0 Å². The second-order valence-electron chi connectivity index (χ2n) is 3.34. The van der Waals surface area contributed by atoms with E-state index in [2.05, 4.69) is 24.6 Å². The molecule has 0 spiro atoms. The van der Waals surface area contributed by atoms with Gasteiger partial charge in [-0.25, -0.2) is 4.98 Å². The number of hydrogen-bond acceptors (Lipinski definition) is 5. The fraction of sp³-hybridized carbons (Fsp3) is 0.375. The Morgan fingerprint density at radius 1 is 1.47 bits per heavy atom. The number of alkyl halides is 3. The molecule has 0 aliphatic heterocycles. The number of nitrogens with zero attached hydrogens (tertiary/aromatic N) is 3. The van der Waals surface area contributed by atoms with Crippen molar-refractivity contribution in [2.24, 2.45) is 5.73 Å². The van der Waals surface area contributed by atoms with Crippen molar-refractivity contribution < 1.29 is 17.7 Å². The molecule has 0 bridgehead atoms. The highest BCUT2D eigenvalue weighted by Gasteiger charge is 2.37. The molecule has 6 nitrogen and oxygen atoms in total. The molecule has 0 unspecified atom stereocenters. The predicted octanol–water partition coefficient (Wildman–Crippen LogP) is 1.05. The summed E-state index contributed by atoms with van der Waals surface area (Å²) in [6, 6.07) is -0.806. The van der Waals surface area contributed by atoms with Crippen LogP contribution in [0, 0.1) is 0 Å². The van der Waals surface area contributed by atoms with Gasteiger partial charge in [-0.05, 0) is 0 Å². The highest BCUT2D eigenvalue weighted by molar-refractivity contribution is 5.02. The van der Waals surface area contributed by atoms with E-state index in [-0.39, 0.29) is 12.3 Å². The van der Waals surface area contributed by atoms with Crippen LogP contribution in [0.25, 0.3) is 0 Å². The molecule has 9 heteroatoms. The van der Waals surface area contributed by atoms with Crippen LogP contribution in [-0.2, 0) is 12.6 Å². The first-order valence-electron chi connectivity index (χ1n) is 4.60. The second-order valence-corrected chi connectivity index (χ2v) is 3.34. The van der Waals surface area contributed by atoms with E-state index in [1.165, 1.54) is 12.5 Å². The van der Waals surface area contributed by atoms with Crippen LogP contribution in [0.5, 0.6) is 0 Å². The van der Waals surface area contributed by atoms with Gasteiger partial charge in [0.05, 0.1) is 12.4 Å². The number of H-pyrrole nitrogens is 1. The van der Waals surface area contributed by atoms with Crippen LogP contribution in [-0.4, -0.2) is 20.1 Å². The first-order valence-corrected chi connectivity index (χ1v) is 4.60. The van der Waals surface area contributed by atoms with Crippen LogP contribution in [0.15, 0.2) is 17.0 Å². The molecule has 17 heavy (non-hydrogen) atoms. The summed E-state index contributed by atoms with van der Waals surface area (Å²) in [4.78, 5) is 9.73. The Morgan fingerprint density at radius 2 is 2.24 bits per heavy atom. The number of halogens is 3. The molecule has 3 N–H and O–H groups in total. The van der Waals surface area contributed by atoms with Crippen molar-refractivity contribution in [2.75, 3.05) is 0 Å². The number of hydrogen-bond donors (Lipinski definition) is 2. The molecule has 2 rings (SSSR count). The van der Waals surface area contributed by atoms with Crippen molar-refractivity contribution in [1.82, 2.24) is 20.1 Å². The van der Waals surface area contributed by atoms with Crippen molar-refractivity contribution in [2.45, 2.75) is 18.6 Å². The van der Waals surface area contributed by atoms with Crippen LogP contribution < -0.4 is 5.73 Å². The lowest BCUT2D eigenvalue weighted by Gasteiger charge is -2.03. The van der Waals surface area contributed by atoms with Gasteiger partial charge in [-0.3, -0.25) is 0 Å². The summed E-state index contributed by atoms with van der Waals surface area (Å²) in [6.07, 6.45) is -1.44. The van der Waals surface area contributed by atoms with E-state index in [1.807, 2.05) is 0 Å². The monoisotopic (exact) mass is 247 g/mol. The summed E-state index contributed by atoms with van der Waals surface area (Å²) in [5.74, 6) is -1.58. The summed E-state index contributed by atoms with van der Waals surface area (Å²) in [6.45, 7) is 0. The molecule has 0 aliphatic rings. The van der Waals surface area contributed by atoms with Gasteiger partial charge in [-0.2, -0.15) is 18.2 Å². The largest absolute Gasteiger partial charge is 0.455 e. The third kappa shape index (κ3) is 2.61. The summed E-state index contributed by atoms with van der Waals surface area (Å²) in [5, 5.41) is 2.82. The summed E-state index contributed by atoms with van der Waals surface area (Å²) >= 11 is 0. The molecule has 2 aromatic heterocycles. The van der Waals surface area contributed by atoms with Gasteiger partial charge < -0.3 is 15.2 Å². The van der Waals surface area contributed by atoms with Crippen LogP contribution >= 0.6 is 0 Å². The van der Waals surface area contributed by atoms with E-state index in [9.17, 15) is 13.2 Å². The third-order valence-corrected chi connectivity index (χ3v) is 2.01. The predicted molar refractivity (Wildman–Crippen MR) is 48.5 cm³/mol. The average Bonchev–Trinajstić information content (AvgIpc) is 2.85. The minimum atomic E-state index is -4.63. The SMILES string of the molecule is N[C@@H](Cc1cnc[nH]1)c1nc(C(F)(F)F)no1. The fourth-order valence-electron chi connectivity index (χ4n) is 1.22. The Kier molecular flexibility index (Phi) is 2.84. The molecule has 0 saturated heterocycles. The maximum Gasteiger partial charge on any atom is 0.455 e.